The zero-order chi connectivity index (χ0) is 19.7. The van der Waals surface area contributed by atoms with Crippen molar-refractivity contribution >= 4 is 33.9 Å². The Bertz CT molecular complexity index is 1070. The van der Waals surface area contributed by atoms with E-state index in [1.807, 2.05) is 48.5 Å². The number of nitrogens with one attached hydrogen (secondary N) is 2. The molecule has 142 valence electrons. The molecule has 0 aliphatic heterocycles. The lowest BCUT2D eigenvalue weighted by atomic mass is 10.2. The number of hydrogen-bond donors (Lipinski definition) is 2. The molecule has 2 atom stereocenters. The smallest absolute Gasteiger partial charge is 0.261 e. The van der Waals surface area contributed by atoms with Crippen LogP contribution in [0, 0.1) is 0 Å². The fraction of sp³-hybridized carbons (Fsp3) is 0.200. The van der Waals surface area contributed by atoms with E-state index < -0.39 is 12.1 Å². The van der Waals surface area contributed by atoms with Gasteiger partial charge in [-0.05, 0) is 38.1 Å². The van der Waals surface area contributed by atoms with Gasteiger partial charge in [0.2, 0.25) is 0 Å². The minimum absolute atomic E-state index is 0.334. The number of para-hydroxylation sites is 4. The van der Waals surface area contributed by atoms with E-state index in [0.29, 0.717) is 0 Å². The first-order chi connectivity index (χ1) is 13.6. The number of aromatic nitrogens is 4. The molecule has 2 N–H and O–H groups in total. The predicted octanol–water partition coefficient (Wildman–Crippen LogP) is 2.36. The van der Waals surface area contributed by atoms with Crippen LogP contribution in [-0.2, 0) is 9.59 Å². The molecule has 2 aromatic heterocycles. The van der Waals surface area contributed by atoms with Gasteiger partial charge in [-0.1, -0.05) is 24.3 Å². The maximum Gasteiger partial charge on any atom is 0.261 e. The van der Waals surface area contributed by atoms with Gasteiger partial charge in [0.05, 0.1) is 34.7 Å². The van der Waals surface area contributed by atoms with Crippen molar-refractivity contribution in [3.05, 3.63) is 61.2 Å². The van der Waals surface area contributed by atoms with Crippen LogP contribution in [-0.4, -0.2) is 30.9 Å². The highest BCUT2D eigenvalue weighted by molar-refractivity contribution is 5.88. The lowest BCUT2D eigenvalue weighted by Gasteiger charge is -2.18. The fourth-order valence-corrected chi connectivity index (χ4v) is 3.16. The van der Waals surface area contributed by atoms with E-state index in [1.165, 1.54) is 0 Å². The number of rotatable bonds is 4. The predicted molar refractivity (Wildman–Crippen MR) is 105 cm³/mol. The summed E-state index contributed by atoms with van der Waals surface area (Å²) in [5.41, 5.74) is 8.35. The highest BCUT2D eigenvalue weighted by Gasteiger charge is 2.21. The molecule has 0 fully saturated rings. The van der Waals surface area contributed by atoms with E-state index in [4.69, 9.17) is 0 Å². The summed E-state index contributed by atoms with van der Waals surface area (Å²) in [7, 11) is 0. The Labute approximate surface area is 161 Å². The normalized spacial score (nSPS) is 13.4. The molecule has 2 heterocycles. The number of hydrogen-bond acceptors (Lipinski definition) is 4. The molecule has 8 heteroatoms. The minimum Gasteiger partial charge on any atom is -0.318 e. The Morgan fingerprint density at radius 3 is 1.57 bits per heavy atom. The summed E-state index contributed by atoms with van der Waals surface area (Å²) in [6, 6.07) is 14.1. The first-order valence-corrected chi connectivity index (χ1v) is 8.99. The summed E-state index contributed by atoms with van der Waals surface area (Å²) in [6.45, 7) is 3.50. The second-order valence-corrected chi connectivity index (χ2v) is 6.61. The van der Waals surface area contributed by atoms with Gasteiger partial charge in [0.15, 0.2) is 0 Å². The molecule has 28 heavy (non-hydrogen) atoms. The average molecular weight is 376 g/mol. The van der Waals surface area contributed by atoms with Crippen LogP contribution in [0.1, 0.15) is 25.9 Å². The van der Waals surface area contributed by atoms with Crippen LogP contribution < -0.4 is 10.9 Å². The maximum absolute atomic E-state index is 12.5. The number of benzene rings is 2. The Hall–Kier alpha value is -3.68. The average Bonchev–Trinajstić information content (AvgIpc) is 3.35. The third kappa shape index (κ3) is 3.09. The molecule has 0 bridgehead atoms. The number of amides is 2. The summed E-state index contributed by atoms with van der Waals surface area (Å²) < 4.78 is 3.53. The third-order valence-electron chi connectivity index (χ3n) is 4.86. The van der Waals surface area contributed by atoms with Crippen molar-refractivity contribution in [3.8, 4) is 0 Å². The monoisotopic (exact) mass is 376 g/mol. The Morgan fingerprint density at radius 1 is 0.750 bits per heavy atom. The van der Waals surface area contributed by atoms with Crippen LogP contribution in [0.4, 0.5) is 0 Å². The molecule has 0 spiro atoms. The summed E-state index contributed by atoms with van der Waals surface area (Å²) in [5, 5.41) is 0. The summed E-state index contributed by atoms with van der Waals surface area (Å²) in [6.07, 6.45) is 3.24. The van der Waals surface area contributed by atoms with E-state index in [9.17, 15) is 9.59 Å². The lowest BCUT2D eigenvalue weighted by Crippen LogP contribution is -2.46. The highest BCUT2D eigenvalue weighted by atomic mass is 16.2. The van der Waals surface area contributed by atoms with Crippen molar-refractivity contribution in [1.82, 2.24) is 30.0 Å². The van der Waals surface area contributed by atoms with Gasteiger partial charge in [0.1, 0.15) is 12.1 Å². The van der Waals surface area contributed by atoms with Crippen LogP contribution >= 0.6 is 0 Å². The Morgan fingerprint density at radius 2 is 1.14 bits per heavy atom. The van der Waals surface area contributed by atoms with Crippen LogP contribution in [0.15, 0.2) is 61.2 Å². The van der Waals surface area contributed by atoms with Crippen LogP contribution in [0.25, 0.3) is 22.1 Å². The van der Waals surface area contributed by atoms with Crippen molar-refractivity contribution in [2.75, 3.05) is 0 Å². The van der Waals surface area contributed by atoms with Crippen molar-refractivity contribution in [3.63, 3.8) is 0 Å². The number of hydrazine groups is 1. The Kier molecular flexibility index (Phi) is 4.52. The zero-order valence-corrected chi connectivity index (χ0v) is 15.5. The molecule has 4 rings (SSSR count). The van der Waals surface area contributed by atoms with Gasteiger partial charge in [-0.15, -0.1) is 0 Å². The van der Waals surface area contributed by atoms with Crippen molar-refractivity contribution < 1.29 is 9.59 Å². The molecule has 0 aliphatic carbocycles. The molecule has 8 nitrogen and oxygen atoms in total. The van der Waals surface area contributed by atoms with Crippen molar-refractivity contribution in [2.45, 2.75) is 25.9 Å². The molecular weight excluding hydrogens is 356 g/mol. The van der Waals surface area contributed by atoms with Crippen molar-refractivity contribution in [1.29, 1.82) is 0 Å². The first-order valence-electron chi connectivity index (χ1n) is 8.99. The zero-order valence-electron chi connectivity index (χ0n) is 15.5. The van der Waals surface area contributed by atoms with Gasteiger partial charge >= 0.3 is 0 Å². The molecule has 0 unspecified atom stereocenters. The fourth-order valence-electron chi connectivity index (χ4n) is 3.16. The van der Waals surface area contributed by atoms with Gasteiger partial charge in [0, 0.05) is 0 Å². The molecule has 0 saturated carbocycles. The number of nitrogens with zero attached hydrogens (tertiary/aromatic N) is 4. The van der Waals surface area contributed by atoms with E-state index in [2.05, 4.69) is 20.8 Å². The molecule has 4 aromatic rings. The van der Waals surface area contributed by atoms with Gasteiger partial charge in [0.25, 0.3) is 11.8 Å². The van der Waals surface area contributed by atoms with Crippen molar-refractivity contribution in [2.24, 2.45) is 0 Å². The Balaban J connectivity index is 1.43. The second kappa shape index (κ2) is 7.15. The quantitative estimate of drug-likeness (QED) is 0.535. The van der Waals surface area contributed by atoms with Crippen LogP contribution in [0.5, 0.6) is 0 Å². The van der Waals surface area contributed by atoms with E-state index in [1.54, 1.807) is 35.6 Å². The lowest BCUT2D eigenvalue weighted by molar-refractivity contribution is -0.131. The topological polar surface area (TPSA) is 93.8 Å². The van der Waals surface area contributed by atoms with Gasteiger partial charge in [-0.2, -0.15) is 0 Å². The molecule has 0 aliphatic rings. The standard InChI is InChI=1S/C20H20N6O2/c1-13(25-11-21-15-7-3-5-9-17(15)25)19(27)23-24-20(28)14(2)26-12-22-16-8-4-6-10-18(16)26/h3-14H,1-2H3,(H,23,27)(H,24,28)/t13-,14+. The van der Waals surface area contributed by atoms with Gasteiger partial charge < -0.3 is 9.13 Å². The molecule has 0 saturated heterocycles. The number of fused-ring (bicyclic) bond motifs is 2. The molecule has 2 amide bonds. The van der Waals surface area contributed by atoms with Crippen LogP contribution in [0.2, 0.25) is 0 Å². The van der Waals surface area contributed by atoms with Gasteiger partial charge in [-0.3, -0.25) is 20.4 Å². The van der Waals surface area contributed by atoms with Crippen LogP contribution in [0.3, 0.4) is 0 Å². The summed E-state index contributed by atoms with van der Waals surface area (Å²) >= 11 is 0. The van der Waals surface area contributed by atoms with E-state index in [-0.39, 0.29) is 11.8 Å². The van der Waals surface area contributed by atoms with E-state index in [0.717, 1.165) is 22.1 Å². The maximum atomic E-state index is 12.5. The SMILES string of the molecule is C[C@H](C(=O)NNC(=O)[C@H](C)n1cnc2ccccc21)n1cnc2ccccc21. The summed E-state index contributed by atoms with van der Waals surface area (Å²) in [5.74, 6) is -0.668. The third-order valence-corrected chi connectivity index (χ3v) is 4.86. The number of imidazole rings is 2. The van der Waals surface area contributed by atoms with E-state index >= 15 is 0 Å². The first kappa shape index (κ1) is 17.7. The van der Waals surface area contributed by atoms with Gasteiger partial charge in [-0.25, -0.2) is 9.97 Å². The highest BCUT2D eigenvalue weighted by Crippen LogP contribution is 2.18. The second-order valence-electron chi connectivity index (χ2n) is 6.61. The summed E-state index contributed by atoms with van der Waals surface area (Å²) in [4.78, 5) is 33.6. The molecular formula is C20H20N6O2. The largest absolute Gasteiger partial charge is 0.318 e. The molecule has 0 radical (unpaired) electrons. The number of carbonyl (C=O) groups is 2. The molecule has 2 aromatic carbocycles. The minimum atomic E-state index is -0.530. The number of carbonyl (C=O) groups excluding carboxylic acids is 2.